The molecular weight excluding hydrogens is 350 g/mol. The van der Waals surface area contributed by atoms with E-state index in [9.17, 15) is 14.4 Å². The van der Waals surface area contributed by atoms with Crippen LogP contribution in [0.4, 0.5) is 0 Å². The fourth-order valence-electron chi connectivity index (χ4n) is 2.54. The van der Waals surface area contributed by atoms with Gasteiger partial charge in [0.1, 0.15) is 11.6 Å². The zero-order chi connectivity index (χ0) is 19.8. The SMILES string of the molecule is COC(=O)C(CC(C)C)NC(=O)COC(=O)c1cn[nH]c1-c1ccccc1. The Balaban J connectivity index is 1.96. The second kappa shape index (κ2) is 9.51. The summed E-state index contributed by atoms with van der Waals surface area (Å²) in [6, 6.07) is 8.39. The first kappa shape index (κ1) is 20.2. The topological polar surface area (TPSA) is 110 Å². The maximum Gasteiger partial charge on any atom is 0.342 e. The molecule has 0 aliphatic carbocycles. The Morgan fingerprint density at radius 2 is 1.89 bits per heavy atom. The highest BCUT2D eigenvalue weighted by molar-refractivity contribution is 5.97. The molecule has 0 radical (unpaired) electrons. The molecule has 1 aromatic heterocycles. The Morgan fingerprint density at radius 1 is 1.19 bits per heavy atom. The molecule has 0 spiro atoms. The van der Waals surface area contributed by atoms with Crippen molar-refractivity contribution < 1.29 is 23.9 Å². The summed E-state index contributed by atoms with van der Waals surface area (Å²) in [5.41, 5.74) is 1.50. The molecule has 1 aromatic carbocycles. The van der Waals surface area contributed by atoms with E-state index in [1.54, 1.807) is 0 Å². The van der Waals surface area contributed by atoms with Crippen molar-refractivity contribution in [3.8, 4) is 11.3 Å². The number of carbonyl (C=O) groups is 3. The van der Waals surface area contributed by atoms with E-state index < -0.39 is 30.5 Å². The summed E-state index contributed by atoms with van der Waals surface area (Å²) < 4.78 is 9.76. The maximum absolute atomic E-state index is 12.3. The van der Waals surface area contributed by atoms with Crippen molar-refractivity contribution in [3.63, 3.8) is 0 Å². The molecular formula is C19H23N3O5. The van der Waals surface area contributed by atoms with Crippen molar-refractivity contribution in [2.45, 2.75) is 26.3 Å². The van der Waals surface area contributed by atoms with Gasteiger partial charge in [0.15, 0.2) is 6.61 Å². The van der Waals surface area contributed by atoms with Gasteiger partial charge in [0.2, 0.25) is 0 Å². The lowest BCUT2D eigenvalue weighted by molar-refractivity contribution is -0.145. The summed E-state index contributed by atoms with van der Waals surface area (Å²) in [6.45, 7) is 3.34. The highest BCUT2D eigenvalue weighted by Crippen LogP contribution is 2.21. The van der Waals surface area contributed by atoms with Crippen molar-refractivity contribution in [1.82, 2.24) is 15.5 Å². The highest BCUT2D eigenvalue weighted by Gasteiger charge is 2.24. The monoisotopic (exact) mass is 373 g/mol. The van der Waals surface area contributed by atoms with Gasteiger partial charge < -0.3 is 14.8 Å². The van der Waals surface area contributed by atoms with Gasteiger partial charge in [-0.05, 0) is 12.3 Å². The summed E-state index contributed by atoms with van der Waals surface area (Å²) in [6.07, 6.45) is 1.77. The number of hydrogen-bond acceptors (Lipinski definition) is 6. The van der Waals surface area contributed by atoms with Gasteiger partial charge in [0, 0.05) is 5.56 Å². The number of nitrogens with one attached hydrogen (secondary N) is 2. The molecule has 2 rings (SSSR count). The molecule has 0 bridgehead atoms. The summed E-state index contributed by atoms with van der Waals surface area (Å²) >= 11 is 0. The lowest BCUT2D eigenvalue weighted by atomic mass is 10.0. The Labute approximate surface area is 157 Å². The molecule has 1 amide bonds. The van der Waals surface area contributed by atoms with E-state index >= 15 is 0 Å². The number of nitrogens with zero attached hydrogens (tertiary/aromatic N) is 1. The molecule has 144 valence electrons. The number of benzene rings is 1. The average molecular weight is 373 g/mol. The number of aromatic amines is 1. The van der Waals surface area contributed by atoms with Gasteiger partial charge in [0.25, 0.3) is 5.91 Å². The number of ether oxygens (including phenoxy) is 2. The van der Waals surface area contributed by atoms with Crippen LogP contribution in [-0.4, -0.2) is 47.8 Å². The molecule has 0 saturated carbocycles. The molecule has 1 unspecified atom stereocenters. The normalized spacial score (nSPS) is 11.7. The molecule has 27 heavy (non-hydrogen) atoms. The number of esters is 2. The summed E-state index contributed by atoms with van der Waals surface area (Å²) in [7, 11) is 1.26. The molecule has 0 fully saturated rings. The fraction of sp³-hybridized carbons (Fsp3) is 0.368. The van der Waals surface area contributed by atoms with Crippen molar-refractivity contribution in [2.24, 2.45) is 5.92 Å². The molecule has 1 atom stereocenters. The molecule has 0 aliphatic heterocycles. The molecule has 2 N–H and O–H groups in total. The van der Waals surface area contributed by atoms with E-state index in [4.69, 9.17) is 4.74 Å². The number of amides is 1. The van der Waals surface area contributed by atoms with Crippen LogP contribution in [0.1, 0.15) is 30.6 Å². The predicted octanol–water partition coefficient (Wildman–Crippen LogP) is 1.94. The number of carbonyl (C=O) groups excluding carboxylic acids is 3. The standard InChI is InChI=1S/C19H23N3O5/c1-12(2)9-15(19(25)26-3)21-16(23)11-27-18(24)14-10-20-22-17(14)13-7-5-4-6-8-13/h4-8,10,12,15H,9,11H2,1-3H3,(H,20,22)(H,21,23). The maximum atomic E-state index is 12.3. The first-order valence-electron chi connectivity index (χ1n) is 8.55. The van der Waals surface area contributed by atoms with Crippen molar-refractivity contribution >= 4 is 17.8 Å². The minimum Gasteiger partial charge on any atom is -0.467 e. The highest BCUT2D eigenvalue weighted by atomic mass is 16.5. The molecule has 1 heterocycles. The fourth-order valence-corrected chi connectivity index (χ4v) is 2.54. The Hall–Kier alpha value is -3.16. The van der Waals surface area contributed by atoms with Crippen LogP contribution in [0.15, 0.2) is 36.5 Å². The molecule has 2 aromatic rings. The van der Waals surface area contributed by atoms with E-state index in [2.05, 4.69) is 20.3 Å². The predicted molar refractivity (Wildman–Crippen MR) is 97.7 cm³/mol. The van der Waals surface area contributed by atoms with Gasteiger partial charge in [-0.1, -0.05) is 44.2 Å². The number of hydrogen-bond donors (Lipinski definition) is 2. The van der Waals surface area contributed by atoms with Gasteiger partial charge in [0.05, 0.1) is 19.0 Å². The van der Waals surface area contributed by atoms with Crippen LogP contribution in [0.2, 0.25) is 0 Å². The molecule has 8 nitrogen and oxygen atoms in total. The van der Waals surface area contributed by atoms with Crippen LogP contribution < -0.4 is 5.32 Å². The quantitative estimate of drug-likeness (QED) is 0.684. The van der Waals surface area contributed by atoms with Crippen LogP contribution in [0.5, 0.6) is 0 Å². The Kier molecular flexibility index (Phi) is 7.10. The van der Waals surface area contributed by atoms with Gasteiger partial charge >= 0.3 is 11.9 Å². The number of rotatable bonds is 8. The summed E-state index contributed by atoms with van der Waals surface area (Å²) in [4.78, 5) is 36.1. The van der Waals surface area contributed by atoms with Gasteiger partial charge in [-0.15, -0.1) is 0 Å². The zero-order valence-electron chi connectivity index (χ0n) is 15.5. The minimum absolute atomic E-state index is 0.177. The molecule has 0 aliphatic rings. The Bertz CT molecular complexity index is 786. The number of methoxy groups -OCH3 is 1. The molecule has 0 saturated heterocycles. The summed E-state index contributed by atoms with van der Waals surface area (Å²) in [5.74, 6) is -1.62. The minimum atomic E-state index is -0.782. The van der Waals surface area contributed by atoms with Crippen molar-refractivity contribution in [3.05, 3.63) is 42.1 Å². The number of aromatic nitrogens is 2. The Morgan fingerprint density at radius 3 is 2.52 bits per heavy atom. The van der Waals surface area contributed by atoms with Gasteiger partial charge in [-0.25, -0.2) is 9.59 Å². The number of H-pyrrole nitrogens is 1. The van der Waals surface area contributed by atoms with Gasteiger partial charge in [-0.3, -0.25) is 9.89 Å². The van der Waals surface area contributed by atoms with E-state index in [-0.39, 0.29) is 11.5 Å². The largest absolute Gasteiger partial charge is 0.467 e. The first-order valence-corrected chi connectivity index (χ1v) is 8.55. The second-order valence-corrected chi connectivity index (χ2v) is 6.37. The smallest absolute Gasteiger partial charge is 0.342 e. The van der Waals surface area contributed by atoms with Crippen molar-refractivity contribution in [2.75, 3.05) is 13.7 Å². The van der Waals surface area contributed by atoms with E-state index in [1.807, 2.05) is 44.2 Å². The molecule has 8 heteroatoms. The van der Waals surface area contributed by atoms with Crippen LogP contribution >= 0.6 is 0 Å². The van der Waals surface area contributed by atoms with E-state index in [1.165, 1.54) is 13.3 Å². The third-order valence-corrected chi connectivity index (χ3v) is 3.78. The van der Waals surface area contributed by atoms with Crippen LogP contribution in [0, 0.1) is 5.92 Å². The van der Waals surface area contributed by atoms with Crippen LogP contribution in [0.25, 0.3) is 11.3 Å². The average Bonchev–Trinajstić information content (AvgIpc) is 3.15. The zero-order valence-corrected chi connectivity index (χ0v) is 15.5. The van der Waals surface area contributed by atoms with E-state index in [0.717, 1.165) is 5.56 Å². The third-order valence-electron chi connectivity index (χ3n) is 3.78. The van der Waals surface area contributed by atoms with Gasteiger partial charge in [-0.2, -0.15) is 5.10 Å². The lowest BCUT2D eigenvalue weighted by Crippen LogP contribution is -2.44. The van der Waals surface area contributed by atoms with E-state index in [0.29, 0.717) is 12.1 Å². The van der Waals surface area contributed by atoms with Crippen LogP contribution in [0.3, 0.4) is 0 Å². The van der Waals surface area contributed by atoms with Crippen LogP contribution in [-0.2, 0) is 19.1 Å². The lowest BCUT2D eigenvalue weighted by Gasteiger charge is -2.18. The first-order chi connectivity index (χ1) is 12.9. The summed E-state index contributed by atoms with van der Waals surface area (Å²) in [5, 5.41) is 9.16. The second-order valence-electron chi connectivity index (χ2n) is 6.37. The van der Waals surface area contributed by atoms with Crippen molar-refractivity contribution in [1.29, 1.82) is 0 Å². The third kappa shape index (κ3) is 5.67.